The van der Waals surface area contributed by atoms with Crippen molar-refractivity contribution in [1.82, 2.24) is 9.80 Å². The average molecular weight is 449 g/mol. The van der Waals surface area contributed by atoms with Crippen LogP contribution in [-0.4, -0.2) is 34.2 Å². The second-order valence-electron chi connectivity index (χ2n) is 8.06. The lowest BCUT2D eigenvalue weighted by atomic mass is 10.1. The molecule has 2 amide bonds. The van der Waals surface area contributed by atoms with E-state index in [0.717, 1.165) is 23.3 Å². The van der Waals surface area contributed by atoms with Crippen molar-refractivity contribution >= 4 is 23.2 Å². The number of amides is 2. The first kappa shape index (κ1) is 23.7. The largest absolute Gasteiger partial charge is 0.332 e. The Morgan fingerprint density at radius 1 is 0.875 bits per heavy atom. The van der Waals surface area contributed by atoms with Gasteiger partial charge in [0, 0.05) is 23.0 Å². The summed E-state index contributed by atoms with van der Waals surface area (Å²) in [6.45, 7) is 7.28. The van der Waals surface area contributed by atoms with Crippen LogP contribution in [0.2, 0.25) is 0 Å². The molecule has 1 heterocycles. The summed E-state index contributed by atoms with van der Waals surface area (Å²) in [5.74, 6) is -0.132. The molecule has 168 valence electrons. The summed E-state index contributed by atoms with van der Waals surface area (Å²) in [6.07, 6.45) is 1.72. The average Bonchev–Trinajstić information content (AvgIpc) is 3.35. The number of hydrogen-bond donors (Lipinski definition) is 0. The molecule has 0 N–H and O–H groups in total. The molecule has 1 aromatic heterocycles. The third-order valence-electron chi connectivity index (χ3n) is 5.79. The van der Waals surface area contributed by atoms with E-state index in [0.29, 0.717) is 18.7 Å². The fourth-order valence-corrected chi connectivity index (χ4v) is 4.29. The molecular formula is C27H32N2O2S. The minimum absolute atomic E-state index is 0.0300. The molecule has 0 bridgehead atoms. The van der Waals surface area contributed by atoms with Gasteiger partial charge in [0.15, 0.2) is 0 Å². The molecule has 0 saturated carbocycles. The van der Waals surface area contributed by atoms with Crippen molar-refractivity contribution in [3.05, 3.63) is 93.7 Å². The van der Waals surface area contributed by atoms with Crippen LogP contribution in [0.25, 0.3) is 0 Å². The van der Waals surface area contributed by atoms with Crippen molar-refractivity contribution in [2.75, 3.05) is 6.54 Å². The highest BCUT2D eigenvalue weighted by Gasteiger charge is 2.26. The van der Waals surface area contributed by atoms with Gasteiger partial charge in [0.05, 0.1) is 6.54 Å². The summed E-state index contributed by atoms with van der Waals surface area (Å²) < 4.78 is 0. The molecule has 3 aromatic rings. The van der Waals surface area contributed by atoms with Crippen LogP contribution in [0.5, 0.6) is 0 Å². The topological polar surface area (TPSA) is 40.6 Å². The Labute approximate surface area is 195 Å². The Kier molecular flexibility index (Phi) is 8.63. The molecule has 1 atom stereocenters. The highest BCUT2D eigenvalue weighted by atomic mass is 32.1. The van der Waals surface area contributed by atoms with Crippen molar-refractivity contribution in [2.45, 2.75) is 52.7 Å². The summed E-state index contributed by atoms with van der Waals surface area (Å²) in [7, 11) is 0. The molecule has 0 spiro atoms. The van der Waals surface area contributed by atoms with Gasteiger partial charge in [-0.3, -0.25) is 9.59 Å². The van der Waals surface area contributed by atoms with E-state index in [1.165, 1.54) is 5.56 Å². The normalized spacial score (nSPS) is 11.7. The highest BCUT2D eigenvalue weighted by molar-refractivity contribution is 7.09. The zero-order valence-corrected chi connectivity index (χ0v) is 20.0. The van der Waals surface area contributed by atoms with Crippen molar-refractivity contribution < 1.29 is 9.59 Å². The Bertz CT molecular complexity index is 984. The van der Waals surface area contributed by atoms with Gasteiger partial charge in [-0.25, -0.2) is 0 Å². The van der Waals surface area contributed by atoms with Gasteiger partial charge in [-0.05, 0) is 54.5 Å². The van der Waals surface area contributed by atoms with Gasteiger partial charge < -0.3 is 9.80 Å². The van der Waals surface area contributed by atoms with E-state index < -0.39 is 0 Å². The monoisotopic (exact) mass is 448 g/mol. The summed E-state index contributed by atoms with van der Waals surface area (Å²) in [5.41, 5.74) is 2.90. The molecule has 0 aliphatic heterocycles. The second kappa shape index (κ2) is 11.6. The number of benzene rings is 2. The number of carbonyl (C=O) groups excluding carboxylic acids is 2. The minimum atomic E-state index is -0.0915. The number of aryl methyl sites for hydroxylation is 1. The molecule has 32 heavy (non-hydrogen) atoms. The van der Waals surface area contributed by atoms with E-state index in [2.05, 4.69) is 6.92 Å². The molecule has 1 unspecified atom stereocenters. The molecule has 0 radical (unpaired) electrons. The lowest BCUT2D eigenvalue weighted by molar-refractivity contribution is -0.133. The predicted molar refractivity (Wildman–Crippen MR) is 132 cm³/mol. The third kappa shape index (κ3) is 6.30. The first-order valence-electron chi connectivity index (χ1n) is 11.3. The Morgan fingerprint density at radius 2 is 1.59 bits per heavy atom. The quantitative estimate of drug-likeness (QED) is 0.394. The first-order chi connectivity index (χ1) is 15.5. The summed E-state index contributed by atoms with van der Waals surface area (Å²) in [6, 6.07) is 21.7. The molecular weight excluding hydrogens is 416 g/mol. The maximum atomic E-state index is 13.5. The Hall–Kier alpha value is -2.92. The molecule has 0 saturated heterocycles. The fourth-order valence-electron chi connectivity index (χ4n) is 3.57. The van der Waals surface area contributed by atoms with Crippen molar-refractivity contribution in [3.8, 4) is 0 Å². The van der Waals surface area contributed by atoms with Crippen LogP contribution in [0.15, 0.2) is 72.1 Å². The van der Waals surface area contributed by atoms with E-state index >= 15 is 0 Å². The van der Waals surface area contributed by atoms with Gasteiger partial charge in [0.25, 0.3) is 5.91 Å². The van der Waals surface area contributed by atoms with Crippen LogP contribution in [0, 0.1) is 0 Å². The first-order valence-corrected chi connectivity index (χ1v) is 12.1. The van der Waals surface area contributed by atoms with Crippen LogP contribution >= 0.6 is 11.3 Å². The van der Waals surface area contributed by atoms with E-state index in [1.54, 1.807) is 16.2 Å². The van der Waals surface area contributed by atoms with Crippen LogP contribution in [0.4, 0.5) is 0 Å². The minimum Gasteiger partial charge on any atom is -0.332 e. The van der Waals surface area contributed by atoms with Crippen molar-refractivity contribution in [1.29, 1.82) is 0 Å². The van der Waals surface area contributed by atoms with Gasteiger partial charge in [0.1, 0.15) is 6.54 Å². The van der Waals surface area contributed by atoms with Gasteiger partial charge in [0.2, 0.25) is 5.91 Å². The Morgan fingerprint density at radius 3 is 2.19 bits per heavy atom. The number of rotatable bonds is 10. The number of nitrogens with zero attached hydrogens (tertiary/aromatic N) is 2. The second-order valence-corrected chi connectivity index (χ2v) is 9.09. The molecule has 5 heteroatoms. The summed E-state index contributed by atoms with van der Waals surface area (Å²) in [5, 5.41) is 2.02. The van der Waals surface area contributed by atoms with Gasteiger partial charge in [-0.1, -0.05) is 62.4 Å². The zero-order valence-electron chi connectivity index (χ0n) is 19.2. The molecule has 3 rings (SSSR count). The maximum Gasteiger partial charge on any atom is 0.254 e. The standard InChI is InChI=1S/C27H32N2O2S/c1-4-21(3)29(27(31)24-15-13-22(5-2)14-16-24)20-26(30)28(19-25-12-9-17-32-25)18-23-10-7-6-8-11-23/h6-17,21H,4-5,18-20H2,1-3H3. The van der Waals surface area contributed by atoms with Crippen LogP contribution in [0.1, 0.15) is 53.6 Å². The van der Waals surface area contributed by atoms with E-state index in [4.69, 9.17) is 0 Å². The number of thiophene rings is 1. The maximum absolute atomic E-state index is 13.5. The van der Waals surface area contributed by atoms with Gasteiger partial charge in [-0.15, -0.1) is 11.3 Å². The van der Waals surface area contributed by atoms with Gasteiger partial charge in [-0.2, -0.15) is 0 Å². The molecule has 0 fully saturated rings. The summed E-state index contributed by atoms with van der Waals surface area (Å²) >= 11 is 1.64. The fraction of sp³-hybridized carbons (Fsp3) is 0.333. The number of carbonyl (C=O) groups is 2. The smallest absolute Gasteiger partial charge is 0.254 e. The summed E-state index contributed by atoms with van der Waals surface area (Å²) in [4.78, 5) is 31.5. The lowest BCUT2D eigenvalue weighted by Gasteiger charge is -2.31. The highest BCUT2D eigenvalue weighted by Crippen LogP contribution is 2.17. The predicted octanol–water partition coefficient (Wildman–Crippen LogP) is 5.78. The number of hydrogen-bond acceptors (Lipinski definition) is 3. The third-order valence-corrected chi connectivity index (χ3v) is 6.66. The SMILES string of the molecule is CCc1ccc(C(=O)N(CC(=O)N(Cc2ccccc2)Cc2cccs2)C(C)CC)cc1. The van der Waals surface area contributed by atoms with Crippen molar-refractivity contribution in [2.24, 2.45) is 0 Å². The molecule has 0 aliphatic rings. The van der Waals surface area contributed by atoms with Crippen LogP contribution in [-0.2, 0) is 24.3 Å². The molecule has 2 aromatic carbocycles. The molecule has 4 nitrogen and oxygen atoms in total. The van der Waals surface area contributed by atoms with E-state index in [-0.39, 0.29) is 24.4 Å². The lowest BCUT2D eigenvalue weighted by Crippen LogP contribution is -2.46. The molecule has 0 aliphatic carbocycles. The zero-order chi connectivity index (χ0) is 22.9. The van der Waals surface area contributed by atoms with E-state index in [1.807, 2.05) is 90.9 Å². The van der Waals surface area contributed by atoms with E-state index in [9.17, 15) is 9.59 Å². The van der Waals surface area contributed by atoms with Crippen molar-refractivity contribution in [3.63, 3.8) is 0 Å². The van der Waals surface area contributed by atoms with Gasteiger partial charge >= 0.3 is 0 Å². The van der Waals surface area contributed by atoms with Crippen LogP contribution in [0.3, 0.4) is 0 Å². The Balaban J connectivity index is 1.81. The van der Waals surface area contributed by atoms with Crippen LogP contribution < -0.4 is 0 Å².